The maximum absolute atomic E-state index is 12.9. The molecule has 0 N–H and O–H groups in total. The number of benzene rings is 1. The van der Waals surface area contributed by atoms with Gasteiger partial charge in [-0.2, -0.15) is 5.10 Å². The lowest BCUT2D eigenvalue weighted by Crippen LogP contribution is -2.48. The molecule has 0 aliphatic carbocycles. The van der Waals surface area contributed by atoms with E-state index in [0.29, 0.717) is 25.0 Å². The van der Waals surface area contributed by atoms with Gasteiger partial charge in [0, 0.05) is 48.5 Å². The van der Waals surface area contributed by atoms with Crippen molar-refractivity contribution < 1.29 is 9.53 Å². The average molecular weight is 474 g/mol. The van der Waals surface area contributed by atoms with Crippen LogP contribution in [0, 0.1) is 0 Å². The second-order valence-electron chi connectivity index (χ2n) is 10.5. The first-order chi connectivity index (χ1) is 17.1. The van der Waals surface area contributed by atoms with Crippen molar-refractivity contribution in [3.63, 3.8) is 0 Å². The highest BCUT2D eigenvalue weighted by Crippen LogP contribution is 2.30. The van der Waals surface area contributed by atoms with Gasteiger partial charge in [0.2, 0.25) is 0 Å². The number of rotatable bonds is 7. The predicted octanol–water partition coefficient (Wildman–Crippen LogP) is 3.60. The second-order valence-corrected chi connectivity index (χ2v) is 10.5. The van der Waals surface area contributed by atoms with Crippen molar-refractivity contribution in [1.82, 2.24) is 24.6 Å². The number of hydrogen-bond acceptors (Lipinski definition) is 6. The lowest BCUT2D eigenvalue weighted by Gasteiger charge is -2.33. The Bertz CT molecular complexity index is 1200. The Morgan fingerprint density at radius 1 is 1.03 bits per heavy atom. The Morgan fingerprint density at radius 2 is 1.83 bits per heavy atom. The molecular formula is C28H35N5O2. The molecule has 0 spiro atoms. The molecule has 0 saturated carbocycles. The molecule has 184 valence electrons. The Hall–Kier alpha value is -2.61. The van der Waals surface area contributed by atoms with Crippen LogP contribution in [0.4, 0.5) is 0 Å². The van der Waals surface area contributed by atoms with Gasteiger partial charge in [-0.1, -0.05) is 18.6 Å². The summed E-state index contributed by atoms with van der Waals surface area (Å²) in [5, 5.41) is 6.81. The van der Waals surface area contributed by atoms with Crippen molar-refractivity contribution in [3.05, 3.63) is 48.0 Å². The molecule has 2 atom stereocenters. The molecule has 3 aromatic rings. The highest BCUT2D eigenvalue weighted by molar-refractivity contribution is 5.89. The predicted molar refractivity (Wildman–Crippen MR) is 136 cm³/mol. The average Bonchev–Trinajstić information content (AvgIpc) is 3.31. The Morgan fingerprint density at radius 3 is 2.63 bits per heavy atom. The summed E-state index contributed by atoms with van der Waals surface area (Å²) in [5.74, 6) is 0.239. The van der Waals surface area contributed by atoms with Gasteiger partial charge in [0.1, 0.15) is 0 Å². The van der Waals surface area contributed by atoms with Crippen molar-refractivity contribution in [2.45, 2.75) is 57.2 Å². The SMILES string of the molecule is Cn1ncc(-c2ccc3cnc(CC(=O)CN4C5CCC4COC5)cc3c2)c1CN1CCCCC1. The highest BCUT2D eigenvalue weighted by atomic mass is 16.5. The molecule has 6 rings (SSSR count). The molecule has 0 amide bonds. The van der Waals surface area contributed by atoms with Crippen molar-refractivity contribution >= 4 is 16.6 Å². The van der Waals surface area contributed by atoms with Crippen LogP contribution in [0.15, 0.2) is 36.7 Å². The quantitative estimate of drug-likeness (QED) is 0.523. The van der Waals surface area contributed by atoms with Crippen LogP contribution in [0.5, 0.6) is 0 Å². The van der Waals surface area contributed by atoms with E-state index < -0.39 is 0 Å². The maximum Gasteiger partial charge on any atom is 0.152 e. The summed E-state index contributed by atoms with van der Waals surface area (Å²) in [7, 11) is 2.04. The number of likely N-dealkylation sites (tertiary alicyclic amines) is 1. The van der Waals surface area contributed by atoms with E-state index in [1.165, 1.54) is 36.1 Å². The molecule has 7 heteroatoms. The summed E-state index contributed by atoms with van der Waals surface area (Å²) in [5.41, 5.74) is 4.47. The summed E-state index contributed by atoms with van der Waals surface area (Å²) < 4.78 is 7.68. The number of piperidine rings is 1. The first kappa shape index (κ1) is 22.8. The van der Waals surface area contributed by atoms with E-state index in [2.05, 4.69) is 44.1 Å². The van der Waals surface area contributed by atoms with E-state index in [4.69, 9.17) is 4.74 Å². The molecule has 2 aromatic heterocycles. The summed E-state index contributed by atoms with van der Waals surface area (Å²) in [6.07, 6.45) is 10.5. The fraction of sp³-hybridized carbons (Fsp3) is 0.536. The number of ether oxygens (including phenoxy) is 1. The van der Waals surface area contributed by atoms with E-state index in [1.54, 1.807) is 0 Å². The summed E-state index contributed by atoms with van der Waals surface area (Å²) >= 11 is 0. The molecule has 0 radical (unpaired) electrons. The van der Waals surface area contributed by atoms with Crippen LogP contribution in [0.1, 0.15) is 43.5 Å². The number of aromatic nitrogens is 3. The van der Waals surface area contributed by atoms with Crippen LogP contribution in [0.25, 0.3) is 21.9 Å². The standard InChI is InChI=1S/C28H35N5O2/c1-31-28(17-32-9-3-2-4-10-32)27(15-30-31)20-5-6-21-14-29-23(12-22(21)11-20)13-26(34)16-33-24-7-8-25(33)19-35-18-24/h5-6,11-12,14-15,24-25H,2-4,7-10,13,16-19H2,1H3. The lowest BCUT2D eigenvalue weighted by atomic mass is 10.0. The summed E-state index contributed by atoms with van der Waals surface area (Å²) in [6.45, 7) is 5.29. The minimum atomic E-state index is 0.239. The first-order valence-corrected chi connectivity index (χ1v) is 13.1. The number of hydrogen-bond donors (Lipinski definition) is 0. The van der Waals surface area contributed by atoms with E-state index >= 15 is 0 Å². The maximum atomic E-state index is 12.9. The number of aryl methyl sites for hydroxylation is 1. The Balaban J connectivity index is 1.20. The molecule has 1 aromatic carbocycles. The van der Waals surface area contributed by atoms with E-state index in [9.17, 15) is 4.79 Å². The lowest BCUT2D eigenvalue weighted by molar-refractivity contribution is -0.122. The van der Waals surface area contributed by atoms with Gasteiger partial charge in [-0.25, -0.2) is 0 Å². The Labute approximate surface area is 207 Å². The zero-order chi connectivity index (χ0) is 23.8. The molecule has 3 aliphatic rings. The third-order valence-electron chi connectivity index (χ3n) is 8.10. The topological polar surface area (TPSA) is 63.5 Å². The number of pyridine rings is 1. The smallest absolute Gasteiger partial charge is 0.152 e. The summed E-state index contributed by atoms with van der Waals surface area (Å²) in [4.78, 5) is 22.4. The van der Waals surface area contributed by atoms with Gasteiger partial charge in [-0.05, 0) is 61.9 Å². The fourth-order valence-corrected chi connectivity index (χ4v) is 6.10. The Kier molecular flexibility index (Phi) is 6.39. The van der Waals surface area contributed by atoms with Crippen molar-refractivity contribution in [2.24, 2.45) is 7.05 Å². The van der Waals surface area contributed by atoms with Crippen LogP contribution in [-0.2, 0) is 29.5 Å². The first-order valence-electron chi connectivity index (χ1n) is 13.1. The van der Waals surface area contributed by atoms with E-state index in [0.717, 1.165) is 62.2 Å². The zero-order valence-corrected chi connectivity index (χ0v) is 20.7. The number of fused-ring (bicyclic) bond motifs is 3. The van der Waals surface area contributed by atoms with E-state index in [1.807, 2.05) is 24.1 Å². The van der Waals surface area contributed by atoms with Crippen molar-refractivity contribution in [1.29, 1.82) is 0 Å². The number of nitrogens with zero attached hydrogens (tertiary/aromatic N) is 5. The van der Waals surface area contributed by atoms with Gasteiger partial charge in [0.15, 0.2) is 5.78 Å². The monoisotopic (exact) mass is 473 g/mol. The third kappa shape index (κ3) is 4.77. The largest absolute Gasteiger partial charge is 0.378 e. The number of Topliss-reactive ketones (excluding diaryl/α,β-unsaturated/α-hetero) is 1. The highest BCUT2D eigenvalue weighted by Gasteiger charge is 2.38. The van der Waals surface area contributed by atoms with Gasteiger partial charge >= 0.3 is 0 Å². The molecule has 7 nitrogen and oxygen atoms in total. The number of ketones is 1. The third-order valence-corrected chi connectivity index (χ3v) is 8.10. The number of carbonyl (C=O) groups excluding carboxylic acids is 1. The zero-order valence-electron chi connectivity index (χ0n) is 20.7. The number of carbonyl (C=O) groups is 1. The molecule has 5 heterocycles. The van der Waals surface area contributed by atoms with Crippen LogP contribution in [-0.4, -0.2) is 75.3 Å². The van der Waals surface area contributed by atoms with Crippen LogP contribution in [0.2, 0.25) is 0 Å². The molecular weight excluding hydrogens is 438 g/mol. The van der Waals surface area contributed by atoms with Gasteiger partial charge in [0.25, 0.3) is 0 Å². The fourth-order valence-electron chi connectivity index (χ4n) is 6.10. The van der Waals surface area contributed by atoms with E-state index in [-0.39, 0.29) is 5.78 Å². The number of morpholine rings is 1. The summed E-state index contributed by atoms with van der Waals surface area (Å²) in [6, 6.07) is 9.42. The molecule has 3 saturated heterocycles. The molecule has 3 aliphatic heterocycles. The normalized spacial score (nSPS) is 23.2. The van der Waals surface area contributed by atoms with Crippen LogP contribution < -0.4 is 0 Å². The van der Waals surface area contributed by atoms with Gasteiger partial charge in [-0.3, -0.25) is 24.3 Å². The minimum Gasteiger partial charge on any atom is -0.378 e. The van der Waals surface area contributed by atoms with Crippen LogP contribution in [0.3, 0.4) is 0 Å². The van der Waals surface area contributed by atoms with Crippen LogP contribution >= 0.6 is 0 Å². The minimum absolute atomic E-state index is 0.239. The molecule has 2 unspecified atom stereocenters. The van der Waals surface area contributed by atoms with Gasteiger partial charge < -0.3 is 4.74 Å². The van der Waals surface area contributed by atoms with Gasteiger partial charge in [-0.15, -0.1) is 0 Å². The second kappa shape index (κ2) is 9.80. The molecule has 35 heavy (non-hydrogen) atoms. The molecule has 3 fully saturated rings. The van der Waals surface area contributed by atoms with Crippen molar-refractivity contribution in [2.75, 3.05) is 32.8 Å². The molecule has 2 bridgehead atoms. The van der Waals surface area contributed by atoms with Gasteiger partial charge in [0.05, 0.1) is 38.1 Å². The van der Waals surface area contributed by atoms with Crippen molar-refractivity contribution in [3.8, 4) is 11.1 Å².